The standard InChI is InChI=1S/C18H29N3/c1-3-19-14(2)16-10-11-18(20-13-16)21-12-6-8-15-7-4-5-9-17(15)21/h10-11,13-15,17,19H,3-9,12H2,1-2H3/t14?,15-,17-/m1/s1. The van der Waals surface area contributed by atoms with Crippen LogP contribution in [-0.4, -0.2) is 24.1 Å². The SMILES string of the molecule is CCNC(C)c1ccc(N2CCC[C@H]3CCCC[C@H]32)nc1. The van der Waals surface area contributed by atoms with E-state index in [4.69, 9.17) is 4.98 Å². The van der Waals surface area contributed by atoms with Gasteiger partial charge in [0.25, 0.3) is 0 Å². The minimum absolute atomic E-state index is 0.389. The Hall–Kier alpha value is -1.09. The van der Waals surface area contributed by atoms with Crippen molar-refractivity contribution in [2.75, 3.05) is 18.0 Å². The second kappa shape index (κ2) is 6.78. The average Bonchev–Trinajstić information content (AvgIpc) is 2.55. The minimum atomic E-state index is 0.389. The van der Waals surface area contributed by atoms with E-state index >= 15 is 0 Å². The Labute approximate surface area is 129 Å². The first-order chi connectivity index (χ1) is 10.3. The van der Waals surface area contributed by atoms with Crippen molar-refractivity contribution in [3.8, 4) is 0 Å². The third kappa shape index (κ3) is 3.23. The third-order valence-corrected chi connectivity index (χ3v) is 5.32. The number of fused-ring (bicyclic) bond motifs is 1. The predicted octanol–water partition coefficient (Wildman–Crippen LogP) is 3.91. The van der Waals surface area contributed by atoms with Gasteiger partial charge in [0.05, 0.1) is 0 Å². The lowest BCUT2D eigenvalue weighted by atomic mass is 9.78. The number of piperidine rings is 1. The fourth-order valence-corrected chi connectivity index (χ4v) is 4.16. The lowest BCUT2D eigenvalue weighted by Crippen LogP contribution is -2.47. The van der Waals surface area contributed by atoms with Crippen LogP contribution in [0.2, 0.25) is 0 Å². The number of hydrogen-bond donors (Lipinski definition) is 1. The highest BCUT2D eigenvalue weighted by atomic mass is 15.2. The van der Waals surface area contributed by atoms with Gasteiger partial charge in [-0.3, -0.25) is 0 Å². The van der Waals surface area contributed by atoms with Crippen molar-refractivity contribution < 1.29 is 0 Å². The van der Waals surface area contributed by atoms with Crippen molar-refractivity contribution in [3.63, 3.8) is 0 Å². The number of nitrogens with one attached hydrogen (secondary N) is 1. The fraction of sp³-hybridized carbons (Fsp3) is 0.722. The first-order valence-electron chi connectivity index (χ1n) is 8.75. The highest BCUT2D eigenvalue weighted by molar-refractivity contribution is 5.42. The summed E-state index contributed by atoms with van der Waals surface area (Å²) >= 11 is 0. The number of rotatable bonds is 4. The van der Waals surface area contributed by atoms with Crippen LogP contribution in [0.15, 0.2) is 18.3 Å². The molecule has 0 spiro atoms. The van der Waals surface area contributed by atoms with Crippen LogP contribution in [0.1, 0.15) is 64.0 Å². The van der Waals surface area contributed by atoms with Crippen molar-refractivity contribution in [3.05, 3.63) is 23.9 Å². The van der Waals surface area contributed by atoms with Gasteiger partial charge in [-0.15, -0.1) is 0 Å². The zero-order valence-electron chi connectivity index (χ0n) is 13.5. The van der Waals surface area contributed by atoms with Crippen LogP contribution in [0.3, 0.4) is 0 Å². The van der Waals surface area contributed by atoms with Gasteiger partial charge in [-0.2, -0.15) is 0 Å². The van der Waals surface area contributed by atoms with Gasteiger partial charge in [0.2, 0.25) is 0 Å². The summed E-state index contributed by atoms with van der Waals surface area (Å²) in [6.45, 7) is 6.54. The van der Waals surface area contributed by atoms with Gasteiger partial charge in [-0.05, 0) is 56.7 Å². The van der Waals surface area contributed by atoms with Gasteiger partial charge < -0.3 is 10.2 Å². The molecule has 2 fully saturated rings. The molecule has 3 heteroatoms. The Morgan fingerprint density at radius 1 is 1.24 bits per heavy atom. The summed E-state index contributed by atoms with van der Waals surface area (Å²) in [5.74, 6) is 2.11. The topological polar surface area (TPSA) is 28.2 Å². The number of anilines is 1. The van der Waals surface area contributed by atoms with Crippen LogP contribution < -0.4 is 10.2 Å². The molecule has 3 rings (SSSR count). The molecule has 1 saturated heterocycles. The molecule has 3 atom stereocenters. The highest BCUT2D eigenvalue weighted by Gasteiger charge is 2.33. The average molecular weight is 287 g/mol. The molecule has 116 valence electrons. The lowest BCUT2D eigenvalue weighted by Gasteiger charge is -2.44. The summed E-state index contributed by atoms with van der Waals surface area (Å²) in [5, 5.41) is 3.45. The van der Waals surface area contributed by atoms with Crippen LogP contribution in [0.25, 0.3) is 0 Å². The summed E-state index contributed by atoms with van der Waals surface area (Å²) in [5.41, 5.74) is 1.29. The van der Waals surface area contributed by atoms with Crippen molar-refractivity contribution in [1.29, 1.82) is 0 Å². The van der Waals surface area contributed by atoms with E-state index in [-0.39, 0.29) is 0 Å². The summed E-state index contributed by atoms with van der Waals surface area (Å²) in [6.07, 6.45) is 10.4. The number of nitrogens with zero attached hydrogens (tertiary/aromatic N) is 2. The molecule has 0 amide bonds. The molecule has 1 aromatic heterocycles. The van der Waals surface area contributed by atoms with E-state index in [2.05, 4.69) is 42.4 Å². The van der Waals surface area contributed by atoms with Crippen LogP contribution in [0.4, 0.5) is 5.82 Å². The zero-order chi connectivity index (χ0) is 14.7. The monoisotopic (exact) mass is 287 g/mol. The Kier molecular flexibility index (Phi) is 4.79. The first kappa shape index (κ1) is 14.8. The predicted molar refractivity (Wildman–Crippen MR) is 88.7 cm³/mol. The summed E-state index contributed by atoms with van der Waals surface area (Å²) in [7, 11) is 0. The van der Waals surface area contributed by atoms with E-state index in [1.807, 2.05) is 0 Å². The van der Waals surface area contributed by atoms with Crippen LogP contribution >= 0.6 is 0 Å². The fourth-order valence-electron chi connectivity index (χ4n) is 4.16. The first-order valence-corrected chi connectivity index (χ1v) is 8.75. The molecule has 1 N–H and O–H groups in total. The Morgan fingerprint density at radius 2 is 2.05 bits per heavy atom. The maximum absolute atomic E-state index is 4.78. The van der Waals surface area contributed by atoms with Crippen molar-refractivity contribution in [1.82, 2.24) is 10.3 Å². The quantitative estimate of drug-likeness (QED) is 0.910. The molecule has 0 radical (unpaired) electrons. The van der Waals surface area contributed by atoms with Gasteiger partial charge in [-0.1, -0.05) is 25.8 Å². The molecule has 3 nitrogen and oxygen atoms in total. The van der Waals surface area contributed by atoms with Crippen LogP contribution in [-0.2, 0) is 0 Å². The smallest absolute Gasteiger partial charge is 0.128 e. The van der Waals surface area contributed by atoms with E-state index in [1.165, 1.54) is 56.5 Å². The molecule has 1 unspecified atom stereocenters. The number of aromatic nitrogens is 1. The van der Waals surface area contributed by atoms with E-state index < -0.39 is 0 Å². The van der Waals surface area contributed by atoms with Gasteiger partial charge >= 0.3 is 0 Å². The Morgan fingerprint density at radius 3 is 2.81 bits per heavy atom. The molecule has 2 heterocycles. The van der Waals surface area contributed by atoms with E-state index in [1.54, 1.807) is 0 Å². The van der Waals surface area contributed by atoms with Gasteiger partial charge in [0.1, 0.15) is 5.82 Å². The largest absolute Gasteiger partial charge is 0.353 e. The molecule has 1 aliphatic heterocycles. The van der Waals surface area contributed by atoms with Gasteiger partial charge in [0, 0.05) is 24.8 Å². The normalized spacial score (nSPS) is 27.2. The van der Waals surface area contributed by atoms with Gasteiger partial charge in [0.15, 0.2) is 0 Å². The molecule has 1 saturated carbocycles. The lowest BCUT2D eigenvalue weighted by molar-refractivity contribution is 0.242. The van der Waals surface area contributed by atoms with E-state index in [0.29, 0.717) is 6.04 Å². The Bertz CT molecular complexity index is 440. The van der Waals surface area contributed by atoms with E-state index in [9.17, 15) is 0 Å². The second-order valence-electron chi connectivity index (χ2n) is 6.68. The van der Waals surface area contributed by atoms with Crippen molar-refractivity contribution >= 4 is 5.82 Å². The molecule has 0 bridgehead atoms. The van der Waals surface area contributed by atoms with Crippen molar-refractivity contribution in [2.24, 2.45) is 5.92 Å². The maximum atomic E-state index is 4.78. The van der Waals surface area contributed by atoms with Gasteiger partial charge in [-0.25, -0.2) is 4.98 Å². The molecule has 1 aromatic rings. The van der Waals surface area contributed by atoms with Crippen molar-refractivity contribution in [2.45, 2.75) is 64.5 Å². The maximum Gasteiger partial charge on any atom is 0.128 e. The molecular formula is C18H29N3. The zero-order valence-corrected chi connectivity index (χ0v) is 13.5. The molecule has 2 aliphatic rings. The summed E-state index contributed by atoms with van der Waals surface area (Å²) in [6, 6.07) is 5.62. The number of pyridine rings is 1. The molecular weight excluding hydrogens is 258 g/mol. The third-order valence-electron chi connectivity index (χ3n) is 5.32. The summed E-state index contributed by atoms with van der Waals surface area (Å²) < 4.78 is 0. The van der Waals surface area contributed by atoms with Crippen LogP contribution in [0, 0.1) is 5.92 Å². The minimum Gasteiger partial charge on any atom is -0.353 e. The van der Waals surface area contributed by atoms with Crippen LogP contribution in [0.5, 0.6) is 0 Å². The van der Waals surface area contributed by atoms with E-state index in [0.717, 1.165) is 18.5 Å². The summed E-state index contributed by atoms with van der Waals surface area (Å²) in [4.78, 5) is 7.37. The highest BCUT2D eigenvalue weighted by Crippen LogP contribution is 2.37. The second-order valence-corrected chi connectivity index (χ2v) is 6.68. The molecule has 21 heavy (non-hydrogen) atoms. The Balaban J connectivity index is 1.73. The molecule has 0 aromatic carbocycles. The molecule has 1 aliphatic carbocycles. The number of hydrogen-bond acceptors (Lipinski definition) is 3.